The van der Waals surface area contributed by atoms with Crippen LogP contribution in [-0.2, 0) is 0 Å². The third-order valence-electron chi connectivity index (χ3n) is 11.3. The summed E-state index contributed by atoms with van der Waals surface area (Å²) < 4.78 is 4.77. The molecule has 0 aliphatic carbocycles. The predicted octanol–water partition coefficient (Wildman–Crippen LogP) is 14.7. The molecule has 0 aliphatic heterocycles. The van der Waals surface area contributed by atoms with Gasteiger partial charge in [-0.05, 0) is 113 Å². The second kappa shape index (κ2) is 13.6. The summed E-state index contributed by atoms with van der Waals surface area (Å²) in [5, 5.41) is 4.97. The summed E-state index contributed by atoms with van der Waals surface area (Å²) in [5.41, 5.74) is 15.2. The van der Waals surface area contributed by atoms with E-state index in [1.54, 1.807) is 0 Å². The van der Waals surface area contributed by atoms with Crippen LogP contribution >= 0.6 is 0 Å². The van der Waals surface area contributed by atoms with E-state index in [0.29, 0.717) is 0 Å². The van der Waals surface area contributed by atoms with Gasteiger partial charge in [0.05, 0.1) is 22.1 Å². The monoisotopic (exact) mass is 727 g/mol. The lowest BCUT2D eigenvalue weighted by Gasteiger charge is -2.26. The Labute approximate surface area is 331 Å². The maximum Gasteiger partial charge on any atom is 0.0547 e. The Morgan fingerprint density at radius 2 is 0.789 bits per heavy atom. The highest BCUT2D eigenvalue weighted by Gasteiger charge is 2.20. The van der Waals surface area contributed by atoms with Crippen molar-refractivity contribution in [3.8, 4) is 33.6 Å². The van der Waals surface area contributed by atoms with Crippen LogP contribution in [0.2, 0.25) is 0 Å². The second-order valence-corrected chi connectivity index (χ2v) is 14.6. The number of benzene rings is 9. The van der Waals surface area contributed by atoms with Gasteiger partial charge in [0.25, 0.3) is 0 Å². The lowest BCUT2D eigenvalue weighted by molar-refractivity contribution is 1.18. The van der Waals surface area contributed by atoms with Gasteiger partial charge in [0.1, 0.15) is 0 Å². The SMILES string of the molecule is c1ccc(-c2cccc3c2c2cc(N(c4ccccc4)c4ccc(-c5ccc6c(c5)c5ccccc5n6-c5ccccc5)cc4)ccc2n3-c2ccccc2)cc1. The van der Waals surface area contributed by atoms with Gasteiger partial charge in [0.2, 0.25) is 0 Å². The van der Waals surface area contributed by atoms with E-state index >= 15 is 0 Å². The van der Waals surface area contributed by atoms with Gasteiger partial charge in [-0.25, -0.2) is 0 Å². The highest BCUT2D eigenvalue weighted by Crippen LogP contribution is 2.43. The number of nitrogens with zero attached hydrogens (tertiary/aromatic N) is 3. The molecule has 0 amide bonds. The average molecular weight is 728 g/mol. The molecule has 0 saturated heterocycles. The molecule has 0 spiro atoms. The molecule has 0 bridgehead atoms. The van der Waals surface area contributed by atoms with Gasteiger partial charge < -0.3 is 14.0 Å². The van der Waals surface area contributed by atoms with E-state index < -0.39 is 0 Å². The normalized spacial score (nSPS) is 11.5. The summed E-state index contributed by atoms with van der Waals surface area (Å²) in [6.07, 6.45) is 0. The van der Waals surface area contributed by atoms with Crippen LogP contribution in [-0.4, -0.2) is 9.13 Å². The standard InChI is InChI=1S/C54H37N3/c1-5-16-39(17-6-1)46-25-15-27-53-54(46)49-37-45(33-35-52(49)57(53)43-22-11-4-12-23-43)55(41-18-7-2-8-19-41)44-31-28-38(29-32-44)40-30-34-51-48(36-40)47-24-13-14-26-50(47)56(51)42-20-9-3-10-21-42/h1-37H. The number of para-hydroxylation sites is 4. The molecule has 0 fully saturated rings. The van der Waals surface area contributed by atoms with Crippen molar-refractivity contribution in [1.82, 2.24) is 9.13 Å². The van der Waals surface area contributed by atoms with Crippen molar-refractivity contribution in [2.75, 3.05) is 4.90 Å². The summed E-state index contributed by atoms with van der Waals surface area (Å²) >= 11 is 0. The molecule has 11 aromatic rings. The molecule has 3 nitrogen and oxygen atoms in total. The zero-order valence-electron chi connectivity index (χ0n) is 31.2. The minimum atomic E-state index is 1.10. The molecule has 3 heteroatoms. The van der Waals surface area contributed by atoms with Crippen molar-refractivity contribution < 1.29 is 0 Å². The minimum absolute atomic E-state index is 1.10. The zero-order valence-corrected chi connectivity index (χ0v) is 31.2. The van der Waals surface area contributed by atoms with Crippen LogP contribution in [0.15, 0.2) is 224 Å². The molecule has 268 valence electrons. The zero-order chi connectivity index (χ0) is 37.7. The fourth-order valence-electron chi connectivity index (χ4n) is 8.75. The van der Waals surface area contributed by atoms with Crippen LogP contribution in [0.5, 0.6) is 0 Å². The van der Waals surface area contributed by atoms with Crippen LogP contribution in [0.3, 0.4) is 0 Å². The molecule has 0 unspecified atom stereocenters. The first-order chi connectivity index (χ1) is 28.3. The van der Waals surface area contributed by atoms with Crippen molar-refractivity contribution in [3.05, 3.63) is 224 Å². The number of aromatic nitrogens is 2. The van der Waals surface area contributed by atoms with E-state index in [1.165, 1.54) is 71.6 Å². The predicted molar refractivity (Wildman–Crippen MR) is 241 cm³/mol. The van der Waals surface area contributed by atoms with Gasteiger partial charge in [-0.3, -0.25) is 0 Å². The highest BCUT2D eigenvalue weighted by atomic mass is 15.1. The fourth-order valence-corrected chi connectivity index (χ4v) is 8.75. The highest BCUT2D eigenvalue weighted by molar-refractivity contribution is 6.17. The van der Waals surface area contributed by atoms with Crippen LogP contribution in [0.4, 0.5) is 17.1 Å². The summed E-state index contributed by atoms with van der Waals surface area (Å²) in [6, 6.07) is 81.0. The molecule has 2 heterocycles. The van der Waals surface area contributed by atoms with Gasteiger partial charge in [-0.2, -0.15) is 0 Å². The number of hydrogen-bond donors (Lipinski definition) is 0. The summed E-state index contributed by atoms with van der Waals surface area (Å²) in [7, 11) is 0. The third-order valence-corrected chi connectivity index (χ3v) is 11.3. The molecule has 2 aromatic heterocycles. The molecule has 0 aliphatic rings. The lowest BCUT2D eigenvalue weighted by atomic mass is 9.99. The van der Waals surface area contributed by atoms with Crippen molar-refractivity contribution >= 4 is 60.7 Å². The van der Waals surface area contributed by atoms with E-state index in [0.717, 1.165) is 22.7 Å². The molecular weight excluding hydrogens is 691 g/mol. The van der Waals surface area contributed by atoms with Gasteiger partial charge in [-0.1, -0.05) is 133 Å². The van der Waals surface area contributed by atoms with Crippen molar-refractivity contribution in [2.24, 2.45) is 0 Å². The minimum Gasteiger partial charge on any atom is -0.310 e. The molecule has 0 atom stereocenters. The first-order valence-electron chi connectivity index (χ1n) is 19.5. The third kappa shape index (κ3) is 5.51. The quantitative estimate of drug-likeness (QED) is 0.159. The van der Waals surface area contributed by atoms with E-state index in [2.05, 4.69) is 238 Å². The number of rotatable bonds is 7. The largest absolute Gasteiger partial charge is 0.310 e. The van der Waals surface area contributed by atoms with Crippen LogP contribution < -0.4 is 4.90 Å². The maximum absolute atomic E-state index is 2.40. The van der Waals surface area contributed by atoms with E-state index in [-0.39, 0.29) is 0 Å². The Hall–Kier alpha value is -7.62. The molecule has 11 rings (SSSR count). The van der Waals surface area contributed by atoms with E-state index in [9.17, 15) is 0 Å². The van der Waals surface area contributed by atoms with Gasteiger partial charge in [0.15, 0.2) is 0 Å². The lowest BCUT2D eigenvalue weighted by Crippen LogP contribution is -2.09. The Morgan fingerprint density at radius 1 is 0.281 bits per heavy atom. The molecule has 0 saturated carbocycles. The Bertz CT molecular complexity index is 3200. The van der Waals surface area contributed by atoms with Gasteiger partial charge in [-0.15, -0.1) is 0 Å². The van der Waals surface area contributed by atoms with Crippen LogP contribution in [0.25, 0.3) is 77.2 Å². The molecule has 57 heavy (non-hydrogen) atoms. The summed E-state index contributed by atoms with van der Waals surface area (Å²) in [6.45, 7) is 0. The number of fused-ring (bicyclic) bond motifs is 6. The number of hydrogen-bond acceptors (Lipinski definition) is 1. The van der Waals surface area contributed by atoms with Crippen LogP contribution in [0, 0.1) is 0 Å². The van der Waals surface area contributed by atoms with Gasteiger partial charge >= 0.3 is 0 Å². The Kier molecular flexibility index (Phi) is 7.82. The number of anilines is 3. The molecular formula is C54H37N3. The van der Waals surface area contributed by atoms with Crippen LogP contribution in [0.1, 0.15) is 0 Å². The topological polar surface area (TPSA) is 13.1 Å². The second-order valence-electron chi connectivity index (χ2n) is 14.6. The Morgan fingerprint density at radius 3 is 1.51 bits per heavy atom. The fraction of sp³-hybridized carbons (Fsp3) is 0. The van der Waals surface area contributed by atoms with E-state index in [4.69, 9.17) is 0 Å². The van der Waals surface area contributed by atoms with Crippen molar-refractivity contribution in [1.29, 1.82) is 0 Å². The maximum atomic E-state index is 2.40. The van der Waals surface area contributed by atoms with E-state index in [1.807, 2.05) is 0 Å². The average Bonchev–Trinajstić information content (AvgIpc) is 3.80. The molecule has 0 N–H and O–H groups in total. The summed E-state index contributed by atoms with van der Waals surface area (Å²) in [4.78, 5) is 2.37. The smallest absolute Gasteiger partial charge is 0.0547 e. The molecule has 9 aromatic carbocycles. The Balaban J connectivity index is 1.06. The molecule has 0 radical (unpaired) electrons. The summed E-state index contributed by atoms with van der Waals surface area (Å²) in [5.74, 6) is 0. The van der Waals surface area contributed by atoms with Gasteiger partial charge in [0, 0.05) is 50.0 Å². The first-order valence-corrected chi connectivity index (χ1v) is 19.5. The first kappa shape index (κ1) is 32.8. The van der Waals surface area contributed by atoms with Crippen molar-refractivity contribution in [2.45, 2.75) is 0 Å². The van der Waals surface area contributed by atoms with Crippen molar-refractivity contribution in [3.63, 3.8) is 0 Å².